The van der Waals surface area contributed by atoms with Crippen LogP contribution in [0.5, 0.6) is 0 Å². The Morgan fingerprint density at radius 3 is 2.03 bits per heavy atom. The fraction of sp³-hybridized carbons (Fsp3) is 0.0741. The summed E-state index contributed by atoms with van der Waals surface area (Å²) in [6, 6.07) is 28.1. The molecule has 0 unspecified atom stereocenters. The minimum absolute atomic E-state index is 0.144. The Labute approximate surface area is 193 Å². The summed E-state index contributed by atoms with van der Waals surface area (Å²) in [6.07, 6.45) is 4.55. The molecule has 6 rings (SSSR count). The second-order valence-corrected chi connectivity index (χ2v) is 8.37. The molecule has 5 aromatic rings. The van der Waals surface area contributed by atoms with Crippen molar-refractivity contribution in [3.05, 3.63) is 91.3 Å². The number of aromatic nitrogens is 1. The molecule has 0 saturated carbocycles. The van der Waals surface area contributed by atoms with Crippen LogP contribution in [0.1, 0.15) is 12.8 Å². The molecule has 1 aliphatic rings. The van der Waals surface area contributed by atoms with Crippen LogP contribution in [-0.2, 0) is 9.59 Å². The number of amides is 2. The molecule has 0 spiro atoms. The highest BCUT2D eigenvalue weighted by atomic mass is 79.9. The SMILES string of the molecule is O=C1CCC(=O)N1Br.c1ccc2c(-c3c4ccccc4cc4ccncc34)cccc2c1. The Morgan fingerprint density at radius 1 is 0.688 bits per heavy atom. The van der Waals surface area contributed by atoms with E-state index >= 15 is 0 Å². The van der Waals surface area contributed by atoms with Gasteiger partial charge >= 0.3 is 0 Å². The Balaban J connectivity index is 0.000000230. The van der Waals surface area contributed by atoms with Gasteiger partial charge in [-0.05, 0) is 50.2 Å². The smallest absolute Gasteiger partial charge is 0.239 e. The molecule has 0 bridgehead atoms. The Bertz CT molecular complexity index is 1420. The van der Waals surface area contributed by atoms with Crippen molar-refractivity contribution in [2.75, 3.05) is 0 Å². The topological polar surface area (TPSA) is 50.3 Å². The van der Waals surface area contributed by atoms with Crippen LogP contribution in [0.15, 0.2) is 91.3 Å². The number of imide groups is 1. The molecule has 0 N–H and O–H groups in total. The first-order valence-electron chi connectivity index (χ1n) is 10.4. The van der Waals surface area contributed by atoms with E-state index in [1.54, 1.807) is 0 Å². The summed E-state index contributed by atoms with van der Waals surface area (Å²) < 4.78 is 0.979. The van der Waals surface area contributed by atoms with Crippen molar-refractivity contribution < 1.29 is 9.59 Å². The summed E-state index contributed by atoms with van der Waals surface area (Å²) in [5, 5.41) is 7.51. The highest BCUT2D eigenvalue weighted by Gasteiger charge is 2.26. The van der Waals surface area contributed by atoms with E-state index in [1.807, 2.05) is 12.4 Å². The lowest BCUT2D eigenvalue weighted by atomic mass is 9.90. The molecule has 156 valence electrons. The molecule has 0 radical (unpaired) electrons. The quantitative estimate of drug-likeness (QED) is 0.152. The van der Waals surface area contributed by atoms with Crippen molar-refractivity contribution in [3.8, 4) is 11.1 Å². The van der Waals surface area contributed by atoms with E-state index in [2.05, 4.69) is 100.0 Å². The van der Waals surface area contributed by atoms with Crippen molar-refractivity contribution >= 4 is 60.3 Å². The van der Waals surface area contributed by atoms with Crippen molar-refractivity contribution in [2.45, 2.75) is 12.8 Å². The first kappa shape index (κ1) is 20.3. The predicted molar refractivity (Wildman–Crippen MR) is 132 cm³/mol. The van der Waals surface area contributed by atoms with Gasteiger partial charge < -0.3 is 0 Å². The minimum atomic E-state index is -0.144. The molecule has 4 aromatic carbocycles. The number of rotatable bonds is 1. The van der Waals surface area contributed by atoms with Gasteiger partial charge in [-0.3, -0.25) is 14.6 Å². The van der Waals surface area contributed by atoms with Gasteiger partial charge in [0.2, 0.25) is 11.8 Å². The van der Waals surface area contributed by atoms with Gasteiger partial charge in [0, 0.05) is 30.6 Å². The standard InChI is InChI=1S/C23H15N.C4H4BrNO2/c1-3-9-19-16(6-1)8-5-11-21(19)23-20-10-4-2-7-17(20)14-18-12-13-24-15-22(18)23;5-6-3(7)1-2-4(6)8/h1-15H;1-2H2. The van der Waals surface area contributed by atoms with E-state index in [1.165, 1.54) is 43.4 Å². The van der Waals surface area contributed by atoms with E-state index < -0.39 is 0 Å². The molecular formula is C27H19BrN2O2. The normalized spacial score (nSPS) is 13.6. The second-order valence-electron chi connectivity index (χ2n) is 7.66. The third-order valence-electron chi connectivity index (χ3n) is 5.71. The van der Waals surface area contributed by atoms with Gasteiger partial charge in [-0.25, -0.2) is 3.93 Å². The number of nitrogens with zero attached hydrogens (tertiary/aromatic N) is 2. The number of carbonyl (C=O) groups excluding carboxylic acids is 2. The number of benzene rings is 4. The molecule has 2 amide bonds. The Hall–Kier alpha value is -3.57. The maximum absolute atomic E-state index is 10.4. The first-order chi connectivity index (χ1) is 15.6. The molecule has 1 saturated heterocycles. The summed E-state index contributed by atoms with van der Waals surface area (Å²) in [5.74, 6) is -0.287. The summed E-state index contributed by atoms with van der Waals surface area (Å²) in [5.41, 5.74) is 2.54. The minimum Gasteiger partial charge on any atom is -0.274 e. The molecule has 0 atom stereocenters. The second kappa shape index (κ2) is 8.52. The first-order valence-corrected chi connectivity index (χ1v) is 11.1. The molecule has 32 heavy (non-hydrogen) atoms. The van der Waals surface area contributed by atoms with E-state index in [4.69, 9.17) is 0 Å². The highest BCUT2D eigenvalue weighted by molar-refractivity contribution is 9.08. The molecule has 1 aliphatic heterocycles. The largest absolute Gasteiger partial charge is 0.274 e. The van der Waals surface area contributed by atoms with Crippen LogP contribution < -0.4 is 0 Å². The molecule has 4 nitrogen and oxygen atoms in total. The van der Waals surface area contributed by atoms with E-state index in [9.17, 15) is 9.59 Å². The lowest BCUT2D eigenvalue weighted by Crippen LogP contribution is -2.16. The third-order valence-corrected chi connectivity index (χ3v) is 6.51. The highest BCUT2D eigenvalue weighted by Crippen LogP contribution is 2.39. The summed E-state index contributed by atoms with van der Waals surface area (Å²) in [6.45, 7) is 0. The van der Waals surface area contributed by atoms with Gasteiger partial charge in [-0.1, -0.05) is 66.7 Å². The maximum atomic E-state index is 10.4. The maximum Gasteiger partial charge on any atom is 0.239 e. The summed E-state index contributed by atoms with van der Waals surface area (Å²) in [4.78, 5) is 25.3. The Morgan fingerprint density at radius 2 is 1.31 bits per heavy atom. The predicted octanol–water partition coefficient (Wildman–Crippen LogP) is 6.65. The van der Waals surface area contributed by atoms with Crippen molar-refractivity contribution in [1.29, 1.82) is 0 Å². The monoisotopic (exact) mass is 482 g/mol. The van der Waals surface area contributed by atoms with Crippen LogP contribution in [0.3, 0.4) is 0 Å². The van der Waals surface area contributed by atoms with E-state index in [-0.39, 0.29) is 11.8 Å². The number of hydrogen-bond donors (Lipinski definition) is 0. The van der Waals surface area contributed by atoms with Crippen molar-refractivity contribution in [1.82, 2.24) is 8.91 Å². The van der Waals surface area contributed by atoms with Gasteiger partial charge in [-0.2, -0.15) is 0 Å². The van der Waals surface area contributed by atoms with Crippen molar-refractivity contribution in [2.24, 2.45) is 0 Å². The number of carbonyl (C=O) groups is 2. The number of hydrogen-bond acceptors (Lipinski definition) is 3. The van der Waals surface area contributed by atoms with E-state index in [0.29, 0.717) is 12.8 Å². The van der Waals surface area contributed by atoms with Gasteiger partial charge in [-0.15, -0.1) is 0 Å². The van der Waals surface area contributed by atoms with Crippen molar-refractivity contribution in [3.63, 3.8) is 0 Å². The van der Waals surface area contributed by atoms with E-state index in [0.717, 1.165) is 3.93 Å². The molecule has 0 aliphatic carbocycles. The van der Waals surface area contributed by atoms with Gasteiger partial charge in [0.1, 0.15) is 0 Å². The zero-order valence-corrected chi connectivity index (χ0v) is 18.7. The van der Waals surface area contributed by atoms with Crippen LogP contribution in [0, 0.1) is 0 Å². The Kier molecular flexibility index (Phi) is 5.41. The average Bonchev–Trinajstić information content (AvgIpc) is 3.13. The molecular weight excluding hydrogens is 464 g/mol. The van der Waals surface area contributed by atoms with Crippen LogP contribution in [0.25, 0.3) is 43.4 Å². The summed E-state index contributed by atoms with van der Waals surface area (Å²) >= 11 is 2.80. The van der Waals surface area contributed by atoms with Crippen LogP contribution in [-0.4, -0.2) is 20.7 Å². The molecule has 5 heteroatoms. The zero-order chi connectivity index (χ0) is 22.1. The van der Waals surface area contributed by atoms with Crippen LogP contribution in [0.2, 0.25) is 0 Å². The molecule has 1 aromatic heterocycles. The lowest BCUT2D eigenvalue weighted by molar-refractivity contribution is -0.131. The van der Waals surface area contributed by atoms with Gasteiger partial charge in [0.15, 0.2) is 0 Å². The van der Waals surface area contributed by atoms with Crippen LogP contribution >= 0.6 is 16.1 Å². The number of halogens is 1. The molecule has 2 heterocycles. The average molecular weight is 483 g/mol. The molecule has 1 fully saturated rings. The number of pyridine rings is 1. The summed E-state index contributed by atoms with van der Waals surface area (Å²) in [7, 11) is 0. The lowest BCUT2D eigenvalue weighted by Gasteiger charge is -2.14. The third kappa shape index (κ3) is 3.65. The fourth-order valence-electron chi connectivity index (χ4n) is 4.19. The fourth-order valence-corrected chi connectivity index (χ4v) is 4.54. The van der Waals surface area contributed by atoms with Gasteiger partial charge in [0.05, 0.1) is 16.1 Å². The van der Waals surface area contributed by atoms with Crippen LogP contribution in [0.4, 0.5) is 0 Å². The number of fused-ring (bicyclic) bond motifs is 3. The van der Waals surface area contributed by atoms with Gasteiger partial charge in [0.25, 0.3) is 0 Å². The zero-order valence-electron chi connectivity index (χ0n) is 17.2.